The lowest BCUT2D eigenvalue weighted by molar-refractivity contribution is -0.118. The van der Waals surface area contributed by atoms with Gasteiger partial charge in [-0.15, -0.1) is 11.3 Å². The number of hydrogen-bond acceptors (Lipinski definition) is 5. The molecule has 0 bridgehead atoms. The summed E-state index contributed by atoms with van der Waals surface area (Å²) in [6.07, 6.45) is 0. The average molecular weight is 353 g/mol. The smallest absolute Gasteiger partial charge is 0.233 e. The second kappa shape index (κ2) is 7.10. The average Bonchev–Trinajstić information content (AvgIpc) is 2.86. The SMILES string of the molecule is Cc1ccc(NS(=O)(=O)CC(C)C(=O)Nc2nc(C)cs2)cc1. The van der Waals surface area contributed by atoms with E-state index < -0.39 is 15.9 Å². The van der Waals surface area contributed by atoms with Crippen molar-refractivity contribution in [1.29, 1.82) is 0 Å². The summed E-state index contributed by atoms with van der Waals surface area (Å²) >= 11 is 1.31. The first kappa shape index (κ1) is 17.4. The highest BCUT2D eigenvalue weighted by Gasteiger charge is 2.22. The maximum absolute atomic E-state index is 12.2. The summed E-state index contributed by atoms with van der Waals surface area (Å²) in [4.78, 5) is 16.2. The molecule has 1 atom stereocenters. The number of anilines is 2. The first-order valence-electron chi connectivity index (χ1n) is 7.05. The third kappa shape index (κ3) is 5.33. The molecular formula is C15H19N3O3S2. The first-order valence-corrected chi connectivity index (χ1v) is 9.58. The number of nitrogens with zero attached hydrogens (tertiary/aromatic N) is 1. The van der Waals surface area contributed by atoms with Crippen molar-refractivity contribution in [2.75, 3.05) is 15.8 Å². The summed E-state index contributed by atoms with van der Waals surface area (Å²) in [5.41, 5.74) is 2.34. The molecule has 2 N–H and O–H groups in total. The second-order valence-electron chi connectivity index (χ2n) is 5.43. The Hall–Kier alpha value is -1.93. The van der Waals surface area contributed by atoms with Crippen molar-refractivity contribution < 1.29 is 13.2 Å². The number of sulfonamides is 1. The molecule has 0 aliphatic heterocycles. The van der Waals surface area contributed by atoms with Crippen LogP contribution in [-0.4, -0.2) is 25.1 Å². The maximum Gasteiger partial charge on any atom is 0.233 e. The fourth-order valence-corrected chi connectivity index (χ4v) is 3.97. The van der Waals surface area contributed by atoms with Crippen LogP contribution in [0, 0.1) is 19.8 Å². The molecule has 0 fully saturated rings. The molecule has 1 amide bonds. The van der Waals surface area contributed by atoms with Gasteiger partial charge in [0, 0.05) is 11.1 Å². The largest absolute Gasteiger partial charge is 0.302 e. The summed E-state index contributed by atoms with van der Waals surface area (Å²) in [7, 11) is -3.61. The Labute approximate surface area is 140 Å². The monoisotopic (exact) mass is 353 g/mol. The standard InChI is InChI=1S/C15H19N3O3S2/c1-10-4-6-13(7-5-10)18-23(20,21)9-11(2)14(19)17-15-16-12(3)8-22-15/h4-8,11,18H,9H2,1-3H3,(H,16,17,19). The molecule has 2 rings (SSSR count). The van der Waals surface area contributed by atoms with Gasteiger partial charge in [-0.3, -0.25) is 9.52 Å². The fourth-order valence-electron chi connectivity index (χ4n) is 1.89. The summed E-state index contributed by atoms with van der Waals surface area (Å²) in [6.45, 7) is 5.32. The van der Waals surface area contributed by atoms with Crippen LogP contribution in [0.1, 0.15) is 18.2 Å². The highest BCUT2D eigenvalue weighted by molar-refractivity contribution is 7.92. The molecule has 0 saturated heterocycles. The van der Waals surface area contributed by atoms with Crippen LogP contribution in [0.25, 0.3) is 0 Å². The molecule has 1 heterocycles. The molecule has 8 heteroatoms. The zero-order valence-electron chi connectivity index (χ0n) is 13.2. The molecule has 6 nitrogen and oxygen atoms in total. The van der Waals surface area contributed by atoms with Gasteiger partial charge in [-0.05, 0) is 26.0 Å². The Morgan fingerprint density at radius 1 is 1.26 bits per heavy atom. The molecule has 0 saturated carbocycles. The Morgan fingerprint density at radius 3 is 2.48 bits per heavy atom. The van der Waals surface area contributed by atoms with E-state index in [1.54, 1.807) is 19.1 Å². The molecule has 23 heavy (non-hydrogen) atoms. The predicted octanol–water partition coefficient (Wildman–Crippen LogP) is 2.78. The first-order chi connectivity index (χ1) is 10.7. The van der Waals surface area contributed by atoms with Crippen LogP contribution >= 0.6 is 11.3 Å². The van der Waals surface area contributed by atoms with E-state index in [0.29, 0.717) is 10.8 Å². The van der Waals surface area contributed by atoms with Crippen LogP contribution in [0.15, 0.2) is 29.6 Å². The zero-order valence-corrected chi connectivity index (χ0v) is 14.8. The van der Waals surface area contributed by atoms with Crippen LogP contribution in [0.3, 0.4) is 0 Å². The molecule has 0 spiro atoms. The van der Waals surface area contributed by atoms with Gasteiger partial charge in [0.15, 0.2) is 5.13 Å². The van der Waals surface area contributed by atoms with Gasteiger partial charge in [-0.1, -0.05) is 24.6 Å². The van der Waals surface area contributed by atoms with E-state index in [9.17, 15) is 13.2 Å². The Kier molecular flexibility index (Phi) is 5.38. The zero-order chi connectivity index (χ0) is 17.0. The van der Waals surface area contributed by atoms with Gasteiger partial charge < -0.3 is 5.32 Å². The molecule has 2 aromatic rings. The summed E-state index contributed by atoms with van der Waals surface area (Å²) < 4.78 is 26.8. The number of aryl methyl sites for hydroxylation is 2. The van der Waals surface area contributed by atoms with Gasteiger partial charge in [0.05, 0.1) is 17.4 Å². The number of aromatic nitrogens is 1. The van der Waals surface area contributed by atoms with Crippen molar-refractivity contribution in [2.45, 2.75) is 20.8 Å². The summed E-state index contributed by atoms with van der Waals surface area (Å²) in [5.74, 6) is -1.35. The van der Waals surface area contributed by atoms with Crippen molar-refractivity contribution in [1.82, 2.24) is 4.98 Å². The minimum absolute atomic E-state index is 0.295. The highest BCUT2D eigenvalue weighted by atomic mass is 32.2. The Morgan fingerprint density at radius 2 is 1.91 bits per heavy atom. The van der Waals surface area contributed by atoms with Crippen molar-refractivity contribution in [3.63, 3.8) is 0 Å². The lowest BCUT2D eigenvalue weighted by Gasteiger charge is -2.13. The van der Waals surface area contributed by atoms with E-state index in [1.165, 1.54) is 11.3 Å². The third-order valence-corrected chi connectivity index (χ3v) is 5.45. The summed E-state index contributed by atoms with van der Waals surface area (Å²) in [5, 5.41) is 4.92. The van der Waals surface area contributed by atoms with Crippen LogP contribution < -0.4 is 10.0 Å². The number of carbonyl (C=O) groups is 1. The topological polar surface area (TPSA) is 88.2 Å². The number of amides is 1. The lowest BCUT2D eigenvalue weighted by Crippen LogP contribution is -2.29. The Balaban J connectivity index is 1.95. The molecule has 1 aromatic carbocycles. The number of rotatable bonds is 6. The molecule has 0 radical (unpaired) electrons. The number of nitrogens with one attached hydrogen (secondary N) is 2. The van der Waals surface area contributed by atoms with E-state index in [4.69, 9.17) is 0 Å². The van der Waals surface area contributed by atoms with E-state index in [0.717, 1.165) is 11.3 Å². The van der Waals surface area contributed by atoms with Crippen LogP contribution in [0.5, 0.6) is 0 Å². The van der Waals surface area contributed by atoms with E-state index in [-0.39, 0.29) is 11.7 Å². The van der Waals surface area contributed by atoms with Gasteiger partial charge in [-0.25, -0.2) is 13.4 Å². The van der Waals surface area contributed by atoms with Crippen molar-refractivity contribution in [2.24, 2.45) is 5.92 Å². The molecule has 124 valence electrons. The van der Waals surface area contributed by atoms with Gasteiger partial charge >= 0.3 is 0 Å². The van der Waals surface area contributed by atoms with Crippen LogP contribution in [-0.2, 0) is 14.8 Å². The van der Waals surface area contributed by atoms with Gasteiger partial charge in [-0.2, -0.15) is 0 Å². The van der Waals surface area contributed by atoms with Crippen molar-refractivity contribution >= 4 is 38.1 Å². The quantitative estimate of drug-likeness (QED) is 0.836. The molecule has 0 aliphatic rings. The van der Waals surface area contributed by atoms with E-state index in [1.807, 2.05) is 31.4 Å². The third-order valence-electron chi connectivity index (χ3n) is 3.09. The van der Waals surface area contributed by atoms with Gasteiger partial charge in [0.1, 0.15) is 0 Å². The number of hydrogen-bond donors (Lipinski definition) is 2. The van der Waals surface area contributed by atoms with Crippen molar-refractivity contribution in [3.8, 4) is 0 Å². The highest BCUT2D eigenvalue weighted by Crippen LogP contribution is 2.17. The maximum atomic E-state index is 12.2. The number of thiazole rings is 1. The fraction of sp³-hybridized carbons (Fsp3) is 0.333. The molecule has 0 aliphatic carbocycles. The lowest BCUT2D eigenvalue weighted by atomic mass is 10.2. The molecule has 1 aromatic heterocycles. The summed E-state index contributed by atoms with van der Waals surface area (Å²) in [6, 6.07) is 7.02. The van der Waals surface area contributed by atoms with Crippen molar-refractivity contribution in [3.05, 3.63) is 40.9 Å². The molecular weight excluding hydrogens is 334 g/mol. The second-order valence-corrected chi connectivity index (χ2v) is 8.06. The predicted molar refractivity (Wildman–Crippen MR) is 93.2 cm³/mol. The normalized spacial score (nSPS) is 12.7. The van der Waals surface area contributed by atoms with Crippen LogP contribution in [0.2, 0.25) is 0 Å². The Bertz CT molecular complexity index is 783. The number of benzene rings is 1. The van der Waals surface area contributed by atoms with Gasteiger partial charge in [0.2, 0.25) is 15.9 Å². The minimum Gasteiger partial charge on any atom is -0.302 e. The number of carbonyl (C=O) groups excluding carboxylic acids is 1. The molecule has 1 unspecified atom stereocenters. The van der Waals surface area contributed by atoms with Crippen LogP contribution in [0.4, 0.5) is 10.8 Å². The van der Waals surface area contributed by atoms with E-state index in [2.05, 4.69) is 15.0 Å². The minimum atomic E-state index is -3.61. The van der Waals surface area contributed by atoms with E-state index >= 15 is 0 Å². The van der Waals surface area contributed by atoms with Gasteiger partial charge in [0.25, 0.3) is 0 Å².